The Balaban J connectivity index is 0.00000134. The summed E-state index contributed by atoms with van der Waals surface area (Å²) < 4.78 is 14.0. The molecule has 2 atom stereocenters. The van der Waals surface area contributed by atoms with E-state index in [0.29, 0.717) is 22.3 Å². The van der Waals surface area contributed by atoms with Crippen LogP contribution in [-0.4, -0.2) is 28.2 Å². The third-order valence-electron chi connectivity index (χ3n) is 10.7. The van der Waals surface area contributed by atoms with Gasteiger partial charge in [-0.3, -0.25) is 0 Å². The maximum atomic E-state index is 14.0. The fourth-order valence-electron chi connectivity index (χ4n) is 8.51. The fourth-order valence-corrected chi connectivity index (χ4v) is 8.51. The number of aliphatic hydroxyl groups is 2. The first-order valence-electron chi connectivity index (χ1n) is 17.9. The summed E-state index contributed by atoms with van der Waals surface area (Å²) in [4.78, 5) is 0. The van der Waals surface area contributed by atoms with Crippen LogP contribution in [0.1, 0.15) is 36.1 Å². The van der Waals surface area contributed by atoms with Crippen molar-refractivity contribution in [3.05, 3.63) is 192 Å². The molecule has 1 heterocycles. The molecule has 9 rings (SSSR count). The molecule has 1 saturated heterocycles. The van der Waals surface area contributed by atoms with E-state index in [4.69, 9.17) is 28.1 Å². The normalized spacial score (nSPS) is 17.1. The summed E-state index contributed by atoms with van der Waals surface area (Å²) in [7, 11) is 9.78. The van der Waals surface area contributed by atoms with E-state index < -0.39 is 46.2 Å². The second-order valence-electron chi connectivity index (χ2n) is 14.2. The Morgan fingerprint density at radius 2 is 0.648 bits per heavy atom. The average molecular weight is 786 g/mol. The maximum absolute atomic E-state index is 14.0. The summed E-state index contributed by atoms with van der Waals surface area (Å²) in [5.74, 6) is -1.18. The monoisotopic (exact) mass is 784 g/mol. The molecular weight excluding hydrogens is 747 g/mol. The quantitative estimate of drug-likeness (QED) is 0.165. The van der Waals surface area contributed by atoms with Crippen LogP contribution in [0.5, 0.6) is 0 Å². The zero-order chi connectivity index (χ0) is 37.5. The van der Waals surface area contributed by atoms with Crippen molar-refractivity contribution in [2.24, 2.45) is 0 Å². The summed E-state index contributed by atoms with van der Waals surface area (Å²) in [6.45, 7) is 3.72. The predicted molar refractivity (Wildman–Crippen MR) is 217 cm³/mol. The zero-order valence-corrected chi connectivity index (χ0v) is 32.9. The Morgan fingerprint density at radius 3 is 0.907 bits per heavy atom. The molecule has 0 amide bonds. The van der Waals surface area contributed by atoms with Gasteiger partial charge in [-0.1, -0.05) is 170 Å². The van der Waals surface area contributed by atoms with Gasteiger partial charge in [0.15, 0.2) is 5.79 Å². The number of ether oxygens (including phenoxy) is 2. The molecule has 268 valence electrons. The molecule has 0 spiro atoms. The third-order valence-corrected chi connectivity index (χ3v) is 10.7. The molecule has 7 heteroatoms. The third kappa shape index (κ3) is 6.25. The van der Waals surface area contributed by atoms with Crippen LogP contribution in [0.4, 0.5) is 0 Å². The molecule has 4 nitrogen and oxygen atoms in total. The first-order chi connectivity index (χ1) is 26.2. The Morgan fingerprint density at radius 1 is 0.426 bits per heavy atom. The number of hydrogen-bond donors (Lipinski definition) is 2. The van der Waals surface area contributed by atoms with Crippen molar-refractivity contribution in [1.82, 2.24) is 0 Å². The topological polar surface area (TPSA) is 58.9 Å². The van der Waals surface area contributed by atoms with Gasteiger partial charge in [-0.2, -0.15) is 0 Å². The van der Waals surface area contributed by atoms with Gasteiger partial charge in [0.2, 0.25) is 0 Å². The van der Waals surface area contributed by atoms with Crippen molar-refractivity contribution in [3.8, 4) is 0 Å². The van der Waals surface area contributed by atoms with Gasteiger partial charge in [0, 0.05) is 0 Å². The van der Waals surface area contributed by atoms with Gasteiger partial charge in [-0.05, 0) is 79.2 Å². The van der Waals surface area contributed by atoms with Gasteiger partial charge in [-0.25, -0.2) is 0 Å². The Kier molecular flexibility index (Phi) is 10.2. The number of fused-ring (bicyclic) bond motifs is 4. The molecule has 8 aromatic rings. The van der Waals surface area contributed by atoms with Crippen LogP contribution in [0.15, 0.2) is 170 Å². The summed E-state index contributed by atoms with van der Waals surface area (Å²) >= 11 is -0.556. The van der Waals surface area contributed by atoms with Crippen LogP contribution in [0.25, 0.3) is 43.1 Å². The fraction of sp³-hybridized carbons (Fsp3) is 0.149. The van der Waals surface area contributed by atoms with E-state index >= 15 is 0 Å². The Labute approximate surface area is 331 Å². The molecule has 2 N–H and O–H groups in total. The second-order valence-corrected chi connectivity index (χ2v) is 16.8. The first kappa shape index (κ1) is 36.9. The molecule has 1 aliphatic rings. The van der Waals surface area contributed by atoms with Crippen molar-refractivity contribution in [2.45, 2.75) is 43.0 Å². The molecule has 1 fully saturated rings. The van der Waals surface area contributed by atoms with E-state index in [1.807, 2.05) is 135 Å². The van der Waals surface area contributed by atoms with Crippen molar-refractivity contribution in [1.29, 1.82) is 0 Å². The van der Waals surface area contributed by atoms with Gasteiger partial charge in [0.25, 0.3) is 0 Å². The van der Waals surface area contributed by atoms with Gasteiger partial charge < -0.3 is 19.7 Å². The summed E-state index contributed by atoms with van der Waals surface area (Å²) in [6.07, 6.45) is -2.18. The molecule has 1 aliphatic heterocycles. The number of benzene rings is 8. The minimum absolute atomic E-state index is 0.556. The standard InChI is InChI=1S/C47H38O4.2ClH.Ti/c1-45(2)50-43(46(48,39-27-11-19-31-15-3-7-23-35(31)39)40-28-12-20-32-16-4-8-24-36(32)40)44(51-45)47(49,41-29-13-21-33-17-5-9-25-37(33)41)42-30-14-22-34-18-6-10-26-38(34)42;;;/h3-30,43-44,48-49H,1-2H3;2*1H;/q;;;+2/p-2. The van der Waals surface area contributed by atoms with Crippen LogP contribution in [0.3, 0.4) is 0 Å². The molecule has 2 unspecified atom stereocenters. The average Bonchev–Trinajstić information content (AvgIpc) is 3.55. The Bertz CT molecular complexity index is 2270. The van der Waals surface area contributed by atoms with Crippen LogP contribution >= 0.6 is 18.6 Å². The number of hydrogen-bond acceptors (Lipinski definition) is 4. The van der Waals surface area contributed by atoms with Crippen LogP contribution in [0.2, 0.25) is 0 Å². The van der Waals surface area contributed by atoms with Gasteiger partial charge >= 0.3 is 35.6 Å². The number of halogens is 2. The van der Waals surface area contributed by atoms with E-state index in [2.05, 4.69) is 48.5 Å². The molecular formula is C47H38Cl2O4Ti. The molecule has 0 aromatic heterocycles. The minimum atomic E-state index is -1.80. The predicted octanol–water partition coefficient (Wildman–Crippen LogP) is 11.4. The van der Waals surface area contributed by atoms with Crippen molar-refractivity contribution >= 4 is 61.7 Å². The molecule has 0 saturated carbocycles. The van der Waals surface area contributed by atoms with Gasteiger partial charge in [0.05, 0.1) is 0 Å². The van der Waals surface area contributed by atoms with E-state index in [9.17, 15) is 10.2 Å². The van der Waals surface area contributed by atoms with E-state index in [0.717, 1.165) is 43.1 Å². The van der Waals surface area contributed by atoms with E-state index in [1.54, 1.807) is 0 Å². The zero-order valence-electron chi connectivity index (χ0n) is 29.8. The first-order valence-corrected chi connectivity index (χ1v) is 22.2. The van der Waals surface area contributed by atoms with Crippen molar-refractivity contribution in [3.63, 3.8) is 0 Å². The van der Waals surface area contributed by atoms with Crippen molar-refractivity contribution in [2.75, 3.05) is 0 Å². The molecule has 54 heavy (non-hydrogen) atoms. The molecule has 0 aliphatic carbocycles. The van der Waals surface area contributed by atoms with E-state index in [1.165, 1.54) is 0 Å². The van der Waals surface area contributed by atoms with Crippen molar-refractivity contribution < 1.29 is 36.7 Å². The van der Waals surface area contributed by atoms with Crippen LogP contribution < -0.4 is 0 Å². The van der Waals surface area contributed by atoms with Crippen LogP contribution in [-0.2, 0) is 37.7 Å². The summed E-state index contributed by atoms with van der Waals surface area (Å²) in [6, 6.07) is 56.4. The molecule has 0 radical (unpaired) electrons. The van der Waals surface area contributed by atoms with Gasteiger partial charge in [0.1, 0.15) is 23.4 Å². The SMILES string of the molecule is CC1(C)OC(C(O)(c2cccc3ccccc23)c2cccc3ccccc23)C(C(O)(c2cccc3ccccc23)c2cccc3ccccc23)O1.[Cl][Ti][Cl]. The Hall–Kier alpha value is -4.07. The summed E-state index contributed by atoms with van der Waals surface area (Å²) in [5.41, 5.74) is -0.914. The molecule has 0 bridgehead atoms. The van der Waals surface area contributed by atoms with E-state index in [-0.39, 0.29) is 0 Å². The van der Waals surface area contributed by atoms with Gasteiger partial charge in [-0.15, -0.1) is 0 Å². The second kappa shape index (κ2) is 14.9. The summed E-state index contributed by atoms with van der Waals surface area (Å²) in [5, 5.41) is 35.6. The van der Waals surface area contributed by atoms with Crippen LogP contribution in [0, 0.1) is 0 Å². The number of rotatable bonds is 6. The molecule has 8 aromatic carbocycles.